The number of amides is 1. The van der Waals surface area contributed by atoms with Crippen LogP contribution in [0.3, 0.4) is 0 Å². The number of hydrogen-bond acceptors (Lipinski definition) is 5. The fourth-order valence-electron chi connectivity index (χ4n) is 4.87. The highest BCUT2D eigenvalue weighted by Crippen LogP contribution is 2.37. The third-order valence-electron chi connectivity index (χ3n) is 6.72. The molecule has 2 aromatic rings. The molecule has 33 heavy (non-hydrogen) atoms. The first-order valence-corrected chi connectivity index (χ1v) is 12.4. The van der Waals surface area contributed by atoms with E-state index in [-0.39, 0.29) is 17.2 Å². The van der Waals surface area contributed by atoms with E-state index in [4.69, 9.17) is 11.6 Å². The highest BCUT2D eigenvalue weighted by atomic mass is 35.5. The van der Waals surface area contributed by atoms with E-state index in [0.717, 1.165) is 43.9 Å². The molecule has 178 valence electrons. The minimum atomic E-state index is -0.223. The zero-order chi connectivity index (χ0) is 23.6. The average molecular weight is 470 g/mol. The quantitative estimate of drug-likeness (QED) is 0.685. The van der Waals surface area contributed by atoms with E-state index in [2.05, 4.69) is 47.9 Å². The lowest BCUT2D eigenvalue weighted by Gasteiger charge is -2.38. The number of carbonyl (C=O) groups excluding carboxylic acids is 1. The topological polar surface area (TPSA) is 61.4 Å². The lowest BCUT2D eigenvalue weighted by molar-refractivity contribution is -0.133. The average Bonchev–Trinajstić information content (AvgIpc) is 3.18. The standard InChI is InChI=1S/C26H36ClN5O/c1-18-5-10-22-23(18)24(30-17-29-22)31-11-13-32(14-12-31)25(33)21(15-28-16-26(2,3)4)19-6-8-20(27)9-7-19/h6-9,17-18,21,28H,5,10-16H2,1-4H3/t18-,21?/m1/s1. The van der Waals surface area contributed by atoms with Crippen LogP contribution in [0.15, 0.2) is 30.6 Å². The number of carbonyl (C=O) groups is 1. The van der Waals surface area contributed by atoms with Gasteiger partial charge in [0.15, 0.2) is 0 Å². The maximum atomic E-state index is 13.6. The van der Waals surface area contributed by atoms with Crippen LogP contribution >= 0.6 is 11.6 Å². The Bertz CT molecular complexity index is 964. The summed E-state index contributed by atoms with van der Waals surface area (Å²) in [6, 6.07) is 7.70. The molecule has 1 unspecified atom stereocenters. The molecule has 0 saturated carbocycles. The maximum Gasteiger partial charge on any atom is 0.231 e. The molecule has 1 aliphatic heterocycles. The number of halogens is 1. The van der Waals surface area contributed by atoms with Crippen molar-refractivity contribution >= 4 is 23.3 Å². The Balaban J connectivity index is 1.45. The van der Waals surface area contributed by atoms with Crippen molar-refractivity contribution in [3.63, 3.8) is 0 Å². The molecule has 0 spiro atoms. The first-order valence-electron chi connectivity index (χ1n) is 12.1. The van der Waals surface area contributed by atoms with Crippen molar-refractivity contribution in [1.82, 2.24) is 20.2 Å². The Hall–Kier alpha value is -2.18. The first kappa shape index (κ1) is 24.0. The van der Waals surface area contributed by atoms with Gasteiger partial charge in [-0.25, -0.2) is 9.97 Å². The number of fused-ring (bicyclic) bond motifs is 1. The summed E-state index contributed by atoms with van der Waals surface area (Å²) in [7, 11) is 0. The number of aromatic nitrogens is 2. The monoisotopic (exact) mass is 469 g/mol. The fourth-order valence-corrected chi connectivity index (χ4v) is 4.99. The van der Waals surface area contributed by atoms with Gasteiger partial charge in [0, 0.05) is 55.5 Å². The molecule has 1 aromatic carbocycles. The summed E-state index contributed by atoms with van der Waals surface area (Å²) in [4.78, 5) is 27.1. The van der Waals surface area contributed by atoms with Gasteiger partial charge in [0.05, 0.1) is 5.92 Å². The predicted molar refractivity (Wildman–Crippen MR) is 134 cm³/mol. The van der Waals surface area contributed by atoms with E-state index >= 15 is 0 Å². The Morgan fingerprint density at radius 2 is 1.85 bits per heavy atom. The summed E-state index contributed by atoms with van der Waals surface area (Å²) in [6.45, 7) is 13.3. The zero-order valence-corrected chi connectivity index (χ0v) is 21.0. The zero-order valence-electron chi connectivity index (χ0n) is 20.3. The molecular weight excluding hydrogens is 434 g/mol. The Morgan fingerprint density at radius 3 is 2.52 bits per heavy atom. The van der Waals surface area contributed by atoms with Gasteiger partial charge in [0.2, 0.25) is 5.91 Å². The lowest BCUT2D eigenvalue weighted by Crippen LogP contribution is -2.51. The van der Waals surface area contributed by atoms with E-state index < -0.39 is 0 Å². The molecule has 7 heteroatoms. The molecule has 1 aliphatic carbocycles. The first-order chi connectivity index (χ1) is 15.7. The van der Waals surface area contributed by atoms with Crippen molar-refractivity contribution in [1.29, 1.82) is 0 Å². The molecule has 4 rings (SSSR count). The van der Waals surface area contributed by atoms with Gasteiger partial charge in [0.25, 0.3) is 0 Å². The molecular formula is C26H36ClN5O. The van der Waals surface area contributed by atoms with Crippen molar-refractivity contribution in [3.05, 3.63) is 52.4 Å². The minimum absolute atomic E-state index is 0.161. The summed E-state index contributed by atoms with van der Waals surface area (Å²) in [5.74, 6) is 1.52. The number of rotatable bonds is 6. The van der Waals surface area contributed by atoms with E-state index in [9.17, 15) is 4.79 Å². The van der Waals surface area contributed by atoms with Crippen molar-refractivity contribution in [2.24, 2.45) is 5.41 Å². The maximum absolute atomic E-state index is 13.6. The van der Waals surface area contributed by atoms with Crippen molar-refractivity contribution in [3.8, 4) is 0 Å². The number of piperazine rings is 1. The van der Waals surface area contributed by atoms with Crippen LogP contribution in [0.2, 0.25) is 5.02 Å². The largest absolute Gasteiger partial charge is 0.353 e. The predicted octanol–water partition coefficient (Wildman–Crippen LogP) is 4.25. The minimum Gasteiger partial charge on any atom is -0.353 e. The van der Waals surface area contributed by atoms with Gasteiger partial charge in [-0.3, -0.25) is 4.79 Å². The van der Waals surface area contributed by atoms with Crippen molar-refractivity contribution in [2.75, 3.05) is 44.2 Å². The van der Waals surface area contributed by atoms with Crippen molar-refractivity contribution < 1.29 is 4.79 Å². The van der Waals surface area contributed by atoms with E-state index in [1.165, 1.54) is 11.3 Å². The SMILES string of the molecule is C[C@@H]1CCc2ncnc(N3CCN(C(=O)C(CNCC(C)(C)C)c4ccc(Cl)cc4)CC3)c21. The van der Waals surface area contributed by atoms with Gasteiger partial charge in [-0.2, -0.15) is 0 Å². The number of nitrogens with zero attached hydrogens (tertiary/aromatic N) is 4. The fraction of sp³-hybridized carbons (Fsp3) is 0.577. The van der Waals surface area contributed by atoms with Crippen LogP contribution in [-0.2, 0) is 11.2 Å². The van der Waals surface area contributed by atoms with Crippen LogP contribution in [0, 0.1) is 5.41 Å². The second-order valence-corrected chi connectivity index (χ2v) is 11.0. The molecule has 1 N–H and O–H groups in total. The summed E-state index contributed by atoms with van der Waals surface area (Å²) in [5.41, 5.74) is 3.67. The smallest absolute Gasteiger partial charge is 0.231 e. The number of nitrogens with one attached hydrogen (secondary N) is 1. The highest BCUT2D eigenvalue weighted by Gasteiger charge is 2.32. The molecule has 6 nitrogen and oxygen atoms in total. The molecule has 1 aromatic heterocycles. The molecule has 0 bridgehead atoms. The van der Waals surface area contributed by atoms with Gasteiger partial charge in [-0.15, -0.1) is 0 Å². The molecule has 1 fully saturated rings. The van der Waals surface area contributed by atoms with Crippen molar-refractivity contribution in [2.45, 2.75) is 52.4 Å². The molecule has 0 radical (unpaired) electrons. The third kappa shape index (κ3) is 5.67. The van der Waals surface area contributed by atoms with Crippen LogP contribution in [0.25, 0.3) is 0 Å². The molecule has 1 saturated heterocycles. The van der Waals surface area contributed by atoms with Crippen LogP contribution in [-0.4, -0.2) is 60.0 Å². The lowest BCUT2D eigenvalue weighted by atomic mass is 9.94. The van der Waals surface area contributed by atoms with Crippen LogP contribution in [0.4, 0.5) is 5.82 Å². The summed E-state index contributed by atoms with van der Waals surface area (Å²) in [5, 5.41) is 4.21. The molecule has 2 atom stereocenters. The normalized spacial score (nSPS) is 19.5. The van der Waals surface area contributed by atoms with Gasteiger partial charge >= 0.3 is 0 Å². The van der Waals surface area contributed by atoms with Gasteiger partial charge in [-0.1, -0.05) is 51.4 Å². The van der Waals surface area contributed by atoms with E-state index in [1.54, 1.807) is 6.33 Å². The second-order valence-electron chi connectivity index (χ2n) is 10.6. The second kappa shape index (κ2) is 9.98. The van der Waals surface area contributed by atoms with Crippen LogP contribution in [0.5, 0.6) is 0 Å². The number of benzene rings is 1. The molecule has 2 heterocycles. The third-order valence-corrected chi connectivity index (χ3v) is 6.97. The highest BCUT2D eigenvalue weighted by molar-refractivity contribution is 6.30. The van der Waals surface area contributed by atoms with Gasteiger partial charge < -0.3 is 15.1 Å². The summed E-state index contributed by atoms with van der Waals surface area (Å²) < 4.78 is 0. The Kier molecular flexibility index (Phi) is 7.25. The van der Waals surface area contributed by atoms with Gasteiger partial charge in [-0.05, 0) is 41.9 Å². The van der Waals surface area contributed by atoms with Crippen LogP contribution < -0.4 is 10.2 Å². The number of anilines is 1. The Morgan fingerprint density at radius 1 is 1.15 bits per heavy atom. The number of aryl methyl sites for hydroxylation is 1. The number of hydrogen-bond donors (Lipinski definition) is 1. The Labute approximate surface area is 202 Å². The summed E-state index contributed by atoms with van der Waals surface area (Å²) >= 11 is 6.11. The van der Waals surface area contributed by atoms with Gasteiger partial charge in [0.1, 0.15) is 12.1 Å². The van der Waals surface area contributed by atoms with E-state index in [1.807, 2.05) is 29.2 Å². The molecule has 1 amide bonds. The summed E-state index contributed by atoms with van der Waals surface area (Å²) in [6.07, 6.45) is 3.87. The molecule has 2 aliphatic rings. The van der Waals surface area contributed by atoms with Crippen LogP contribution in [0.1, 0.15) is 62.8 Å². The van der Waals surface area contributed by atoms with E-state index in [0.29, 0.717) is 30.6 Å².